The van der Waals surface area contributed by atoms with Gasteiger partial charge in [-0.05, 0) is 37.3 Å². The minimum Gasteiger partial charge on any atom is -0.478 e. The van der Waals surface area contributed by atoms with Crippen LogP contribution in [0.25, 0.3) is 0 Å². The zero-order valence-corrected chi connectivity index (χ0v) is 10.8. The highest BCUT2D eigenvalue weighted by Crippen LogP contribution is 2.20. The summed E-state index contributed by atoms with van der Waals surface area (Å²) in [4.78, 5) is 26.8. The van der Waals surface area contributed by atoms with Crippen molar-refractivity contribution in [2.24, 2.45) is 0 Å². The Labute approximate surface area is 115 Å². The largest absolute Gasteiger partial charge is 0.478 e. The summed E-state index contributed by atoms with van der Waals surface area (Å²) in [7, 11) is 0. The fraction of sp³-hybridized carbons (Fsp3) is 0.0714. The van der Waals surface area contributed by atoms with E-state index in [-0.39, 0.29) is 17.2 Å². The molecule has 1 heterocycles. The average Bonchev–Trinajstić information content (AvgIpc) is 2.41. The van der Waals surface area contributed by atoms with Gasteiger partial charge in [-0.2, -0.15) is 0 Å². The predicted octanol–water partition coefficient (Wildman–Crippen LogP) is 1.92. The number of carbonyl (C=O) groups excluding carboxylic acids is 1. The summed E-state index contributed by atoms with van der Waals surface area (Å²) >= 11 is 0. The lowest BCUT2D eigenvalue weighted by Crippen LogP contribution is -2.14. The van der Waals surface area contributed by atoms with Crippen LogP contribution in [-0.2, 0) is 0 Å². The molecule has 0 saturated heterocycles. The maximum absolute atomic E-state index is 12.0. The predicted molar refractivity (Wildman–Crippen MR) is 74.7 cm³/mol. The summed E-state index contributed by atoms with van der Waals surface area (Å²) in [5, 5.41) is 11.5. The van der Waals surface area contributed by atoms with Crippen LogP contribution in [0.5, 0.6) is 0 Å². The molecular weight excluding hydrogens is 258 g/mol. The average molecular weight is 271 g/mol. The Bertz CT molecular complexity index is 666. The number of carboxylic acids is 1. The second kappa shape index (κ2) is 5.40. The first-order valence-corrected chi connectivity index (χ1v) is 5.84. The molecule has 102 valence electrons. The molecule has 0 bridgehead atoms. The Morgan fingerprint density at radius 1 is 1.20 bits per heavy atom. The maximum Gasteiger partial charge on any atom is 0.335 e. The number of aryl methyl sites for hydroxylation is 1. The zero-order valence-electron chi connectivity index (χ0n) is 10.8. The third-order valence-corrected chi connectivity index (χ3v) is 2.72. The molecule has 6 nitrogen and oxygen atoms in total. The van der Waals surface area contributed by atoms with Gasteiger partial charge in [-0.25, -0.2) is 4.79 Å². The van der Waals surface area contributed by atoms with Gasteiger partial charge in [0.15, 0.2) is 0 Å². The van der Waals surface area contributed by atoms with Crippen LogP contribution in [0.3, 0.4) is 0 Å². The second-order valence-corrected chi connectivity index (χ2v) is 4.25. The van der Waals surface area contributed by atoms with Crippen LogP contribution < -0.4 is 11.1 Å². The van der Waals surface area contributed by atoms with E-state index in [0.29, 0.717) is 11.3 Å². The van der Waals surface area contributed by atoms with Gasteiger partial charge in [-0.3, -0.25) is 9.78 Å². The van der Waals surface area contributed by atoms with Gasteiger partial charge in [0.1, 0.15) is 0 Å². The third kappa shape index (κ3) is 2.92. The Hall–Kier alpha value is -2.89. The van der Waals surface area contributed by atoms with Gasteiger partial charge < -0.3 is 16.2 Å². The van der Waals surface area contributed by atoms with Crippen molar-refractivity contribution in [3.8, 4) is 0 Å². The first-order valence-electron chi connectivity index (χ1n) is 5.84. The summed E-state index contributed by atoms with van der Waals surface area (Å²) in [5.41, 5.74) is 7.55. The lowest BCUT2D eigenvalue weighted by molar-refractivity contribution is 0.0697. The fourth-order valence-electron chi connectivity index (χ4n) is 1.61. The molecule has 1 aromatic heterocycles. The standard InChI is InChI=1S/C14H13N3O3/c1-8-2-3-10(7-16-8)13(18)17-12-5-4-9(14(19)20)6-11(12)15/h2-7H,15H2,1H3,(H,17,18)(H,19,20). The highest BCUT2D eigenvalue weighted by Gasteiger charge is 2.10. The van der Waals surface area contributed by atoms with Crippen LogP contribution in [0.15, 0.2) is 36.5 Å². The van der Waals surface area contributed by atoms with Crippen LogP contribution in [-0.4, -0.2) is 22.0 Å². The number of hydrogen-bond acceptors (Lipinski definition) is 4. The lowest BCUT2D eigenvalue weighted by atomic mass is 10.1. The number of anilines is 2. The van der Waals surface area contributed by atoms with Crippen LogP contribution in [0, 0.1) is 6.92 Å². The number of nitrogen functional groups attached to an aromatic ring is 1. The SMILES string of the molecule is Cc1ccc(C(=O)Nc2ccc(C(=O)O)cc2N)cn1. The van der Waals surface area contributed by atoms with Crippen LogP contribution >= 0.6 is 0 Å². The van der Waals surface area contributed by atoms with E-state index in [1.165, 1.54) is 24.4 Å². The molecule has 0 unspecified atom stereocenters. The molecule has 0 radical (unpaired) electrons. The molecule has 4 N–H and O–H groups in total. The molecular formula is C14H13N3O3. The topological polar surface area (TPSA) is 105 Å². The number of rotatable bonds is 3. The number of nitrogens with two attached hydrogens (primary N) is 1. The van der Waals surface area contributed by atoms with E-state index >= 15 is 0 Å². The van der Waals surface area contributed by atoms with Crippen LogP contribution in [0.1, 0.15) is 26.4 Å². The molecule has 0 atom stereocenters. The first-order chi connectivity index (χ1) is 9.47. The smallest absolute Gasteiger partial charge is 0.335 e. The van der Waals surface area contributed by atoms with E-state index < -0.39 is 5.97 Å². The molecule has 1 aromatic carbocycles. The number of benzene rings is 1. The lowest BCUT2D eigenvalue weighted by Gasteiger charge is -2.08. The third-order valence-electron chi connectivity index (χ3n) is 2.72. The monoisotopic (exact) mass is 271 g/mol. The minimum absolute atomic E-state index is 0.0671. The van der Waals surface area contributed by atoms with Crippen LogP contribution in [0.2, 0.25) is 0 Å². The number of hydrogen-bond donors (Lipinski definition) is 3. The van der Waals surface area contributed by atoms with Gasteiger partial charge in [0.05, 0.1) is 22.5 Å². The molecule has 0 fully saturated rings. The van der Waals surface area contributed by atoms with E-state index in [2.05, 4.69) is 10.3 Å². The molecule has 0 aliphatic carbocycles. The van der Waals surface area contributed by atoms with E-state index in [4.69, 9.17) is 10.8 Å². The number of aromatic nitrogens is 1. The van der Waals surface area contributed by atoms with Crippen molar-refractivity contribution >= 4 is 23.3 Å². The maximum atomic E-state index is 12.0. The van der Waals surface area contributed by atoms with Gasteiger partial charge >= 0.3 is 5.97 Å². The highest BCUT2D eigenvalue weighted by atomic mass is 16.4. The van der Waals surface area contributed by atoms with E-state index in [1.54, 1.807) is 12.1 Å². The molecule has 2 aromatic rings. The quantitative estimate of drug-likeness (QED) is 0.739. The number of nitrogens with one attached hydrogen (secondary N) is 1. The van der Waals surface area contributed by atoms with Gasteiger partial charge in [-0.1, -0.05) is 0 Å². The summed E-state index contributed by atoms with van der Waals surface area (Å²) in [5.74, 6) is -1.43. The highest BCUT2D eigenvalue weighted by molar-refractivity contribution is 6.06. The number of pyridine rings is 1. The normalized spacial score (nSPS) is 10.1. The van der Waals surface area contributed by atoms with Gasteiger partial charge in [-0.15, -0.1) is 0 Å². The number of aromatic carboxylic acids is 1. The second-order valence-electron chi connectivity index (χ2n) is 4.25. The fourth-order valence-corrected chi connectivity index (χ4v) is 1.61. The van der Waals surface area contributed by atoms with E-state index in [1.807, 2.05) is 6.92 Å². The van der Waals surface area contributed by atoms with Gasteiger partial charge in [0.25, 0.3) is 5.91 Å². The van der Waals surface area contributed by atoms with Crippen molar-refractivity contribution in [1.29, 1.82) is 0 Å². The van der Waals surface area contributed by atoms with Gasteiger partial charge in [0.2, 0.25) is 0 Å². The summed E-state index contributed by atoms with van der Waals surface area (Å²) in [6.45, 7) is 1.82. The molecule has 6 heteroatoms. The van der Waals surface area contributed by atoms with Crippen molar-refractivity contribution in [2.45, 2.75) is 6.92 Å². The molecule has 0 aliphatic rings. The van der Waals surface area contributed by atoms with Crippen LogP contribution in [0.4, 0.5) is 11.4 Å². The van der Waals surface area contributed by atoms with Crippen molar-refractivity contribution in [3.63, 3.8) is 0 Å². The minimum atomic E-state index is -1.07. The van der Waals surface area contributed by atoms with Crippen molar-refractivity contribution < 1.29 is 14.7 Å². The van der Waals surface area contributed by atoms with Gasteiger partial charge in [0, 0.05) is 11.9 Å². The summed E-state index contributed by atoms with van der Waals surface area (Å²) in [6, 6.07) is 7.51. The first kappa shape index (κ1) is 13.5. The molecule has 20 heavy (non-hydrogen) atoms. The Kier molecular flexibility index (Phi) is 3.65. The molecule has 2 rings (SSSR count). The van der Waals surface area contributed by atoms with E-state index in [0.717, 1.165) is 5.69 Å². The number of nitrogens with zero attached hydrogens (tertiary/aromatic N) is 1. The Morgan fingerprint density at radius 3 is 2.45 bits per heavy atom. The molecule has 0 spiro atoms. The van der Waals surface area contributed by atoms with Crippen molar-refractivity contribution in [2.75, 3.05) is 11.1 Å². The van der Waals surface area contributed by atoms with Crippen molar-refractivity contribution in [3.05, 3.63) is 53.3 Å². The number of carbonyl (C=O) groups is 2. The van der Waals surface area contributed by atoms with E-state index in [9.17, 15) is 9.59 Å². The molecule has 0 saturated carbocycles. The Morgan fingerprint density at radius 2 is 1.90 bits per heavy atom. The molecule has 1 amide bonds. The Balaban J connectivity index is 2.19. The molecule has 0 aliphatic heterocycles. The van der Waals surface area contributed by atoms with Crippen molar-refractivity contribution in [1.82, 2.24) is 4.98 Å². The number of amides is 1. The number of carboxylic acid groups (broad SMARTS) is 1. The summed E-state index contributed by atoms with van der Waals surface area (Å²) in [6.07, 6.45) is 1.46. The zero-order chi connectivity index (χ0) is 14.7. The summed E-state index contributed by atoms with van der Waals surface area (Å²) < 4.78 is 0.